The number of pyridine rings is 1. The van der Waals surface area contributed by atoms with Crippen LogP contribution in [0.5, 0.6) is 5.75 Å². The third-order valence-corrected chi connectivity index (χ3v) is 4.03. The minimum Gasteiger partial charge on any atom is -0.494 e. The highest BCUT2D eigenvalue weighted by molar-refractivity contribution is 7.99. The van der Waals surface area contributed by atoms with Crippen LogP contribution in [0.2, 0.25) is 0 Å². The summed E-state index contributed by atoms with van der Waals surface area (Å²) in [4.78, 5) is 12.1. The number of fused-ring (bicyclic) bond motifs is 1. The summed E-state index contributed by atoms with van der Waals surface area (Å²) in [6.45, 7) is 0. The van der Waals surface area contributed by atoms with Gasteiger partial charge in [-0.2, -0.15) is 0 Å². The van der Waals surface area contributed by atoms with Gasteiger partial charge in [0.1, 0.15) is 0 Å². The number of hydrogen-bond donors (Lipinski definition) is 0. The van der Waals surface area contributed by atoms with Gasteiger partial charge in [-0.3, -0.25) is 9.20 Å². The van der Waals surface area contributed by atoms with Crippen molar-refractivity contribution in [2.45, 2.75) is 5.16 Å². The molecule has 0 saturated carbocycles. The molecule has 0 saturated heterocycles. The van der Waals surface area contributed by atoms with Gasteiger partial charge in [-0.1, -0.05) is 17.8 Å². The van der Waals surface area contributed by atoms with Gasteiger partial charge in [-0.05, 0) is 30.3 Å². The maximum absolute atomic E-state index is 13.6. The second-order valence-electron chi connectivity index (χ2n) is 4.47. The Balaban J connectivity index is 1.73. The quantitative estimate of drug-likeness (QED) is 0.535. The standard InChI is InChI=1S/C15H12FN3O2S/c1-21-13-6-5-10(8-11(13)16)12(20)9-22-15-18-17-14-4-2-3-7-19(14)15/h2-8H,9H2,1H3. The Morgan fingerprint density at radius 1 is 1.32 bits per heavy atom. The summed E-state index contributed by atoms with van der Waals surface area (Å²) < 4.78 is 20.3. The summed E-state index contributed by atoms with van der Waals surface area (Å²) >= 11 is 1.26. The Morgan fingerprint density at radius 2 is 2.18 bits per heavy atom. The first-order valence-electron chi connectivity index (χ1n) is 6.48. The largest absolute Gasteiger partial charge is 0.494 e. The number of benzene rings is 1. The lowest BCUT2D eigenvalue weighted by atomic mass is 10.1. The Morgan fingerprint density at radius 3 is 2.95 bits per heavy atom. The van der Waals surface area contributed by atoms with E-state index in [2.05, 4.69) is 10.2 Å². The van der Waals surface area contributed by atoms with Crippen LogP contribution in [-0.2, 0) is 0 Å². The molecular formula is C15H12FN3O2S. The number of carbonyl (C=O) groups is 1. The van der Waals surface area contributed by atoms with Gasteiger partial charge < -0.3 is 4.74 Å². The molecule has 0 bridgehead atoms. The Kier molecular flexibility index (Phi) is 4.06. The molecule has 0 radical (unpaired) electrons. The molecule has 0 spiro atoms. The lowest BCUT2D eigenvalue weighted by Crippen LogP contribution is -2.04. The molecular weight excluding hydrogens is 305 g/mol. The van der Waals surface area contributed by atoms with E-state index in [4.69, 9.17) is 4.74 Å². The van der Waals surface area contributed by atoms with Crippen LogP contribution in [0, 0.1) is 5.82 Å². The van der Waals surface area contributed by atoms with E-state index in [0.29, 0.717) is 16.4 Å². The highest BCUT2D eigenvalue weighted by Gasteiger charge is 2.13. The number of ketones is 1. The van der Waals surface area contributed by atoms with Crippen molar-refractivity contribution in [1.82, 2.24) is 14.6 Å². The molecule has 0 aliphatic rings. The third-order valence-electron chi connectivity index (χ3n) is 3.09. The topological polar surface area (TPSA) is 56.5 Å². The predicted octanol–water partition coefficient (Wildman–Crippen LogP) is 2.85. The van der Waals surface area contributed by atoms with Gasteiger partial charge >= 0.3 is 0 Å². The van der Waals surface area contributed by atoms with E-state index in [0.717, 1.165) is 0 Å². The molecule has 0 atom stereocenters. The van der Waals surface area contributed by atoms with E-state index < -0.39 is 5.82 Å². The van der Waals surface area contributed by atoms with Crippen molar-refractivity contribution in [3.8, 4) is 5.75 Å². The molecule has 3 aromatic rings. The van der Waals surface area contributed by atoms with Crippen LogP contribution in [0.3, 0.4) is 0 Å². The first-order valence-corrected chi connectivity index (χ1v) is 7.47. The maximum atomic E-state index is 13.6. The molecule has 0 fully saturated rings. The van der Waals surface area contributed by atoms with Crippen LogP contribution in [0.4, 0.5) is 4.39 Å². The van der Waals surface area contributed by atoms with Crippen molar-refractivity contribution in [3.63, 3.8) is 0 Å². The van der Waals surface area contributed by atoms with Crippen molar-refractivity contribution >= 4 is 23.2 Å². The first-order chi connectivity index (χ1) is 10.7. The number of ether oxygens (including phenoxy) is 1. The summed E-state index contributed by atoms with van der Waals surface area (Å²) in [5, 5.41) is 8.67. The molecule has 0 unspecified atom stereocenters. The molecule has 0 aliphatic carbocycles. The van der Waals surface area contributed by atoms with Crippen molar-refractivity contribution in [1.29, 1.82) is 0 Å². The smallest absolute Gasteiger partial charge is 0.196 e. The zero-order chi connectivity index (χ0) is 15.5. The van der Waals surface area contributed by atoms with Crippen LogP contribution < -0.4 is 4.74 Å². The van der Waals surface area contributed by atoms with Gasteiger partial charge in [-0.25, -0.2) is 4.39 Å². The lowest BCUT2D eigenvalue weighted by Gasteiger charge is -2.04. The monoisotopic (exact) mass is 317 g/mol. The maximum Gasteiger partial charge on any atom is 0.196 e. The van der Waals surface area contributed by atoms with Crippen LogP contribution in [0.15, 0.2) is 47.8 Å². The average molecular weight is 317 g/mol. The number of halogens is 1. The lowest BCUT2D eigenvalue weighted by molar-refractivity contribution is 0.102. The third kappa shape index (κ3) is 2.80. The second-order valence-corrected chi connectivity index (χ2v) is 5.42. The molecule has 2 aromatic heterocycles. The molecule has 112 valence electrons. The summed E-state index contributed by atoms with van der Waals surface area (Å²) in [6, 6.07) is 9.73. The van der Waals surface area contributed by atoms with Crippen molar-refractivity contribution in [2.24, 2.45) is 0 Å². The molecule has 5 nitrogen and oxygen atoms in total. The van der Waals surface area contributed by atoms with Gasteiger partial charge in [-0.15, -0.1) is 10.2 Å². The number of carbonyl (C=O) groups excluding carboxylic acids is 1. The van der Waals surface area contributed by atoms with Gasteiger partial charge in [0.15, 0.2) is 28.2 Å². The van der Waals surface area contributed by atoms with Crippen molar-refractivity contribution < 1.29 is 13.9 Å². The number of Topliss-reactive ketones (excluding diaryl/α,β-unsaturated/α-hetero) is 1. The van der Waals surface area contributed by atoms with Gasteiger partial charge in [0.05, 0.1) is 12.9 Å². The first kappa shape index (κ1) is 14.5. The molecule has 0 aliphatic heterocycles. The highest BCUT2D eigenvalue weighted by atomic mass is 32.2. The Hall–Kier alpha value is -2.41. The molecule has 22 heavy (non-hydrogen) atoms. The minimum absolute atomic E-state index is 0.118. The van der Waals surface area contributed by atoms with E-state index in [1.807, 2.05) is 24.4 Å². The molecule has 2 heterocycles. The highest BCUT2D eigenvalue weighted by Crippen LogP contribution is 2.21. The fraction of sp³-hybridized carbons (Fsp3) is 0.133. The van der Waals surface area contributed by atoms with E-state index in [1.54, 1.807) is 10.5 Å². The molecule has 0 N–H and O–H groups in total. The number of rotatable bonds is 5. The SMILES string of the molecule is COc1ccc(C(=O)CSc2nnc3ccccn23)cc1F. The Bertz CT molecular complexity index is 835. The second kappa shape index (κ2) is 6.15. The zero-order valence-corrected chi connectivity index (χ0v) is 12.5. The number of nitrogens with zero attached hydrogens (tertiary/aromatic N) is 3. The summed E-state index contributed by atoms with van der Waals surface area (Å²) in [5.41, 5.74) is 1.02. The molecule has 3 rings (SSSR count). The minimum atomic E-state index is -0.550. The zero-order valence-electron chi connectivity index (χ0n) is 11.7. The van der Waals surface area contributed by atoms with Gasteiger partial charge in [0.25, 0.3) is 0 Å². The van der Waals surface area contributed by atoms with E-state index in [9.17, 15) is 9.18 Å². The van der Waals surface area contributed by atoms with Gasteiger partial charge in [0.2, 0.25) is 0 Å². The van der Waals surface area contributed by atoms with Crippen LogP contribution in [-0.4, -0.2) is 33.2 Å². The Labute approximate surface area is 130 Å². The van der Waals surface area contributed by atoms with E-state index in [-0.39, 0.29) is 17.3 Å². The number of aromatic nitrogens is 3. The summed E-state index contributed by atoms with van der Waals surface area (Å²) in [5.74, 6) is -0.459. The van der Waals surface area contributed by atoms with E-state index >= 15 is 0 Å². The fourth-order valence-electron chi connectivity index (χ4n) is 1.97. The van der Waals surface area contributed by atoms with Crippen LogP contribution >= 0.6 is 11.8 Å². The average Bonchev–Trinajstić information content (AvgIpc) is 2.95. The van der Waals surface area contributed by atoms with E-state index in [1.165, 1.54) is 31.0 Å². The molecule has 1 aromatic carbocycles. The number of thioether (sulfide) groups is 1. The number of hydrogen-bond acceptors (Lipinski definition) is 5. The van der Waals surface area contributed by atoms with Crippen LogP contribution in [0.1, 0.15) is 10.4 Å². The van der Waals surface area contributed by atoms with Gasteiger partial charge in [0, 0.05) is 11.8 Å². The predicted molar refractivity (Wildman–Crippen MR) is 81.0 cm³/mol. The van der Waals surface area contributed by atoms with Crippen molar-refractivity contribution in [3.05, 3.63) is 54.0 Å². The van der Waals surface area contributed by atoms with Crippen molar-refractivity contribution in [2.75, 3.05) is 12.9 Å². The molecule has 7 heteroatoms. The summed E-state index contributed by atoms with van der Waals surface area (Å²) in [6.07, 6.45) is 1.83. The number of methoxy groups -OCH3 is 1. The normalized spacial score (nSPS) is 10.8. The van der Waals surface area contributed by atoms with Crippen LogP contribution in [0.25, 0.3) is 5.65 Å². The fourth-order valence-corrected chi connectivity index (χ4v) is 2.79. The molecule has 0 amide bonds. The summed E-state index contributed by atoms with van der Waals surface area (Å²) in [7, 11) is 1.38.